The molecular formula is C16H23ClN4. The van der Waals surface area contributed by atoms with Crippen molar-refractivity contribution >= 4 is 22.8 Å². The first kappa shape index (κ1) is 14.8. The summed E-state index contributed by atoms with van der Waals surface area (Å²) in [5.74, 6) is 1.69. The number of fused-ring (bicyclic) bond motifs is 1. The Labute approximate surface area is 131 Å². The van der Waals surface area contributed by atoms with Gasteiger partial charge in [0.05, 0.1) is 0 Å². The zero-order valence-electron chi connectivity index (χ0n) is 12.8. The third kappa shape index (κ3) is 2.92. The number of imidazole rings is 1. The molecule has 4 nitrogen and oxygen atoms in total. The molecule has 2 aromatic rings. The average molecular weight is 307 g/mol. The number of hydrogen-bond acceptors (Lipinski definition) is 3. The van der Waals surface area contributed by atoms with Gasteiger partial charge in [-0.2, -0.15) is 0 Å². The van der Waals surface area contributed by atoms with Crippen LogP contribution in [0.15, 0.2) is 12.3 Å². The van der Waals surface area contributed by atoms with E-state index < -0.39 is 0 Å². The molecule has 21 heavy (non-hydrogen) atoms. The lowest BCUT2D eigenvalue weighted by Gasteiger charge is -2.33. The second kappa shape index (κ2) is 6.32. The Bertz CT molecular complexity index is 622. The van der Waals surface area contributed by atoms with Crippen molar-refractivity contribution in [2.45, 2.75) is 39.2 Å². The van der Waals surface area contributed by atoms with Crippen molar-refractivity contribution < 1.29 is 0 Å². The summed E-state index contributed by atoms with van der Waals surface area (Å²) in [6.07, 6.45) is 5.18. The van der Waals surface area contributed by atoms with Crippen LogP contribution in [0.3, 0.4) is 0 Å². The molecule has 1 aliphatic rings. The van der Waals surface area contributed by atoms with Gasteiger partial charge in [-0.25, -0.2) is 9.97 Å². The molecule has 1 aliphatic heterocycles. The molecule has 0 radical (unpaired) electrons. The number of hydrogen-bond donors (Lipinski definition) is 0. The van der Waals surface area contributed by atoms with Crippen molar-refractivity contribution in [3.05, 3.63) is 23.7 Å². The Morgan fingerprint density at radius 3 is 3.05 bits per heavy atom. The Morgan fingerprint density at radius 1 is 1.43 bits per heavy atom. The highest BCUT2D eigenvalue weighted by Crippen LogP contribution is 2.27. The van der Waals surface area contributed by atoms with E-state index in [1.807, 2.05) is 6.20 Å². The van der Waals surface area contributed by atoms with Crippen LogP contribution in [-0.4, -0.2) is 44.9 Å². The molecule has 1 atom stereocenters. The fourth-order valence-corrected chi connectivity index (χ4v) is 3.47. The molecule has 1 fully saturated rings. The molecule has 0 bridgehead atoms. The maximum Gasteiger partial charge on any atom is 0.160 e. The number of aryl methyl sites for hydroxylation is 2. The number of likely N-dealkylation sites (tertiary alicyclic amines) is 1. The summed E-state index contributed by atoms with van der Waals surface area (Å²) >= 11 is 5.98. The Balaban J connectivity index is 2.04. The predicted molar refractivity (Wildman–Crippen MR) is 87.1 cm³/mol. The van der Waals surface area contributed by atoms with Crippen LogP contribution in [0.2, 0.25) is 0 Å². The molecule has 0 aromatic carbocycles. The van der Waals surface area contributed by atoms with Gasteiger partial charge in [0.25, 0.3) is 0 Å². The Morgan fingerprint density at radius 2 is 2.29 bits per heavy atom. The third-order valence-electron chi connectivity index (χ3n) is 4.35. The summed E-state index contributed by atoms with van der Waals surface area (Å²) in [7, 11) is 0. The van der Waals surface area contributed by atoms with Crippen LogP contribution in [0, 0.1) is 6.92 Å². The molecule has 0 saturated carbocycles. The van der Waals surface area contributed by atoms with Crippen LogP contribution in [0.25, 0.3) is 11.2 Å². The van der Waals surface area contributed by atoms with Gasteiger partial charge in [0, 0.05) is 31.1 Å². The van der Waals surface area contributed by atoms with E-state index in [2.05, 4.69) is 34.4 Å². The third-order valence-corrected chi connectivity index (χ3v) is 4.54. The second-order valence-electron chi connectivity index (χ2n) is 5.88. The van der Waals surface area contributed by atoms with Gasteiger partial charge >= 0.3 is 0 Å². The molecule has 0 aliphatic carbocycles. The van der Waals surface area contributed by atoms with Gasteiger partial charge < -0.3 is 9.47 Å². The van der Waals surface area contributed by atoms with E-state index in [0.29, 0.717) is 11.9 Å². The fourth-order valence-electron chi connectivity index (χ4n) is 3.30. The van der Waals surface area contributed by atoms with Crippen LogP contribution in [0.5, 0.6) is 0 Å². The number of aromatic nitrogens is 3. The van der Waals surface area contributed by atoms with Crippen LogP contribution >= 0.6 is 11.6 Å². The largest absolute Gasteiger partial charge is 0.308 e. The van der Waals surface area contributed by atoms with E-state index in [1.165, 1.54) is 19.4 Å². The van der Waals surface area contributed by atoms with E-state index in [0.717, 1.165) is 42.1 Å². The highest BCUT2D eigenvalue weighted by molar-refractivity contribution is 6.17. The summed E-state index contributed by atoms with van der Waals surface area (Å²) in [6.45, 7) is 7.70. The normalized spacial score (nSPS) is 20.2. The molecule has 1 saturated heterocycles. The van der Waals surface area contributed by atoms with E-state index >= 15 is 0 Å². The first-order valence-corrected chi connectivity index (χ1v) is 8.38. The van der Waals surface area contributed by atoms with Crippen molar-refractivity contribution in [1.29, 1.82) is 0 Å². The average Bonchev–Trinajstić information content (AvgIpc) is 2.84. The van der Waals surface area contributed by atoms with Crippen LogP contribution in [0.1, 0.15) is 37.2 Å². The van der Waals surface area contributed by atoms with E-state index in [1.54, 1.807) is 0 Å². The number of pyridine rings is 1. The quantitative estimate of drug-likeness (QED) is 0.814. The first-order chi connectivity index (χ1) is 10.2. The molecular weight excluding hydrogens is 284 g/mol. The van der Waals surface area contributed by atoms with Gasteiger partial charge in [0.15, 0.2) is 5.65 Å². The van der Waals surface area contributed by atoms with Crippen LogP contribution < -0.4 is 0 Å². The molecule has 3 rings (SSSR count). The molecule has 0 amide bonds. The lowest BCUT2D eigenvalue weighted by atomic mass is 10.1. The zero-order chi connectivity index (χ0) is 14.8. The van der Waals surface area contributed by atoms with Gasteiger partial charge in [0.2, 0.25) is 0 Å². The number of piperidine rings is 1. The van der Waals surface area contributed by atoms with Gasteiger partial charge in [-0.05, 0) is 44.5 Å². The smallest absolute Gasteiger partial charge is 0.160 e. The molecule has 5 heteroatoms. The van der Waals surface area contributed by atoms with E-state index in [9.17, 15) is 0 Å². The number of rotatable bonds is 4. The van der Waals surface area contributed by atoms with E-state index in [4.69, 9.17) is 16.6 Å². The van der Waals surface area contributed by atoms with Gasteiger partial charge in [-0.3, -0.25) is 0 Å². The maximum atomic E-state index is 5.98. The topological polar surface area (TPSA) is 34.0 Å². The van der Waals surface area contributed by atoms with E-state index in [-0.39, 0.29) is 0 Å². The van der Waals surface area contributed by atoms with Gasteiger partial charge in [-0.15, -0.1) is 11.6 Å². The van der Waals surface area contributed by atoms with Crippen LogP contribution in [0.4, 0.5) is 0 Å². The minimum atomic E-state index is 0.470. The van der Waals surface area contributed by atoms with Crippen molar-refractivity contribution in [3.8, 4) is 0 Å². The van der Waals surface area contributed by atoms with Gasteiger partial charge in [-0.1, -0.05) is 6.92 Å². The van der Waals surface area contributed by atoms with Crippen molar-refractivity contribution in [2.75, 3.05) is 25.5 Å². The Kier molecular flexibility index (Phi) is 4.45. The number of alkyl halides is 1. The molecule has 0 N–H and O–H groups in total. The zero-order valence-corrected chi connectivity index (χ0v) is 13.6. The monoisotopic (exact) mass is 306 g/mol. The standard InChI is InChI=1S/C16H23ClN4/c1-3-20-8-4-5-13(11-20)21-15(6-7-17)19-14-9-12(2)10-18-16(14)21/h9-10,13H,3-8,11H2,1-2H3. The molecule has 2 aromatic heterocycles. The lowest BCUT2D eigenvalue weighted by Crippen LogP contribution is -2.36. The highest BCUT2D eigenvalue weighted by Gasteiger charge is 2.24. The van der Waals surface area contributed by atoms with Crippen LogP contribution in [-0.2, 0) is 6.42 Å². The van der Waals surface area contributed by atoms with Crippen molar-refractivity contribution in [3.63, 3.8) is 0 Å². The highest BCUT2D eigenvalue weighted by atomic mass is 35.5. The fraction of sp³-hybridized carbons (Fsp3) is 0.625. The number of likely N-dealkylation sites (N-methyl/N-ethyl adjacent to an activating group) is 1. The minimum Gasteiger partial charge on any atom is -0.308 e. The summed E-state index contributed by atoms with van der Waals surface area (Å²) < 4.78 is 2.35. The summed E-state index contributed by atoms with van der Waals surface area (Å²) in [5, 5.41) is 0. The summed E-state index contributed by atoms with van der Waals surface area (Å²) in [6, 6.07) is 2.59. The van der Waals surface area contributed by atoms with Gasteiger partial charge in [0.1, 0.15) is 11.3 Å². The first-order valence-electron chi connectivity index (χ1n) is 7.84. The molecule has 1 unspecified atom stereocenters. The number of halogens is 1. The number of nitrogens with zero attached hydrogens (tertiary/aromatic N) is 4. The summed E-state index contributed by atoms with van der Waals surface area (Å²) in [5.41, 5.74) is 3.18. The second-order valence-corrected chi connectivity index (χ2v) is 6.26. The molecule has 114 valence electrons. The van der Waals surface area contributed by atoms with Crippen molar-refractivity contribution in [1.82, 2.24) is 19.4 Å². The van der Waals surface area contributed by atoms with Crippen molar-refractivity contribution in [2.24, 2.45) is 0 Å². The maximum absolute atomic E-state index is 5.98. The lowest BCUT2D eigenvalue weighted by molar-refractivity contribution is 0.185. The molecule has 3 heterocycles. The Hall–Kier alpha value is -1.13. The molecule has 0 spiro atoms. The predicted octanol–water partition coefficient (Wildman–Crippen LogP) is 3.18. The summed E-state index contributed by atoms with van der Waals surface area (Å²) in [4.78, 5) is 11.9. The SMILES string of the molecule is CCN1CCCC(n2c(CCCl)nc3cc(C)cnc32)C1. The minimum absolute atomic E-state index is 0.470.